The third-order valence-corrected chi connectivity index (χ3v) is 4.31. The van der Waals surface area contributed by atoms with Crippen LogP contribution in [0.5, 0.6) is 0 Å². The first-order valence-corrected chi connectivity index (χ1v) is 7.45. The van der Waals surface area contributed by atoms with Crippen molar-refractivity contribution in [2.45, 2.75) is 11.8 Å². The van der Waals surface area contributed by atoms with E-state index >= 15 is 0 Å². The topological polar surface area (TPSA) is 88.1 Å². The van der Waals surface area contributed by atoms with Crippen LogP contribution >= 0.6 is 0 Å². The molecule has 2 aromatic heterocycles. The highest BCUT2D eigenvalue weighted by molar-refractivity contribution is 7.92. The number of pyridine rings is 1. The number of anilines is 2. The molecule has 0 saturated carbocycles. The molecule has 2 rings (SSSR count). The van der Waals surface area contributed by atoms with Crippen LogP contribution in [0.15, 0.2) is 41.7 Å². The summed E-state index contributed by atoms with van der Waals surface area (Å²) in [6.07, 6.45) is 4.09. The lowest BCUT2D eigenvalue weighted by Gasteiger charge is -2.17. The summed E-state index contributed by atoms with van der Waals surface area (Å²) >= 11 is 0. The van der Waals surface area contributed by atoms with Crippen molar-refractivity contribution in [3.05, 3.63) is 36.8 Å². The number of aromatic nitrogens is 3. The average molecular weight is 293 g/mol. The number of nitrogens with zero attached hydrogens (tertiary/aromatic N) is 4. The molecular weight excluding hydrogens is 278 g/mol. The van der Waals surface area contributed by atoms with Crippen LogP contribution in [0, 0.1) is 0 Å². The van der Waals surface area contributed by atoms with E-state index < -0.39 is 10.0 Å². The lowest BCUT2D eigenvalue weighted by molar-refractivity contribution is 0.593. The van der Waals surface area contributed by atoms with E-state index in [4.69, 9.17) is 0 Å². The van der Waals surface area contributed by atoms with Crippen LogP contribution in [0.25, 0.3) is 0 Å². The van der Waals surface area contributed by atoms with Crippen LogP contribution in [0.2, 0.25) is 0 Å². The maximum absolute atomic E-state index is 12.4. The molecule has 0 spiro atoms. The zero-order valence-electron chi connectivity index (χ0n) is 11.2. The van der Waals surface area contributed by atoms with Crippen molar-refractivity contribution in [3.8, 4) is 0 Å². The van der Waals surface area contributed by atoms with Gasteiger partial charge in [0, 0.05) is 19.8 Å². The van der Waals surface area contributed by atoms with Crippen LogP contribution in [-0.2, 0) is 10.0 Å². The number of rotatable bonds is 5. The van der Waals surface area contributed by atoms with E-state index in [1.807, 2.05) is 6.92 Å². The van der Waals surface area contributed by atoms with E-state index in [1.54, 1.807) is 18.2 Å². The minimum absolute atomic E-state index is 0.0207. The van der Waals surface area contributed by atoms with Crippen LogP contribution in [0.1, 0.15) is 6.92 Å². The van der Waals surface area contributed by atoms with E-state index in [0.29, 0.717) is 18.3 Å². The van der Waals surface area contributed by atoms with Gasteiger partial charge in [-0.25, -0.2) is 23.4 Å². The standard InChI is InChI=1S/C12H15N5O2S/c1-3-13-12-15-8-10(9-16-12)20(18,19)17(2)11-6-4-5-7-14-11/h4-9H,3H2,1-2H3,(H,13,15,16). The highest BCUT2D eigenvalue weighted by atomic mass is 32.2. The summed E-state index contributed by atoms with van der Waals surface area (Å²) in [5.41, 5.74) is 0. The Bertz CT molecular complexity index is 658. The summed E-state index contributed by atoms with van der Waals surface area (Å²) in [5, 5.41) is 2.90. The van der Waals surface area contributed by atoms with Crippen molar-refractivity contribution in [1.29, 1.82) is 0 Å². The quantitative estimate of drug-likeness (QED) is 0.889. The van der Waals surface area contributed by atoms with E-state index in [2.05, 4.69) is 20.3 Å². The monoisotopic (exact) mass is 293 g/mol. The summed E-state index contributed by atoms with van der Waals surface area (Å²) in [6, 6.07) is 5.06. The zero-order valence-corrected chi connectivity index (χ0v) is 12.0. The van der Waals surface area contributed by atoms with Gasteiger partial charge in [-0.15, -0.1) is 0 Å². The Morgan fingerprint density at radius 3 is 2.45 bits per heavy atom. The minimum Gasteiger partial charge on any atom is -0.355 e. The number of nitrogens with one attached hydrogen (secondary N) is 1. The van der Waals surface area contributed by atoms with Gasteiger partial charge in [0.05, 0.1) is 12.4 Å². The molecule has 0 aliphatic rings. The maximum Gasteiger partial charge on any atom is 0.268 e. The number of sulfonamides is 1. The second-order valence-electron chi connectivity index (χ2n) is 3.93. The first-order valence-electron chi connectivity index (χ1n) is 6.01. The lowest BCUT2D eigenvalue weighted by atomic mass is 10.5. The summed E-state index contributed by atoms with van der Waals surface area (Å²) in [6.45, 7) is 2.57. The second kappa shape index (κ2) is 5.83. The molecule has 0 fully saturated rings. The SMILES string of the molecule is CCNc1ncc(S(=O)(=O)N(C)c2ccccn2)cn1. The van der Waals surface area contributed by atoms with Crippen molar-refractivity contribution >= 4 is 21.8 Å². The molecule has 0 aliphatic carbocycles. The molecule has 0 saturated heterocycles. The van der Waals surface area contributed by atoms with Gasteiger partial charge < -0.3 is 5.32 Å². The largest absolute Gasteiger partial charge is 0.355 e. The normalized spacial score (nSPS) is 11.1. The third kappa shape index (κ3) is 2.85. The molecule has 0 aliphatic heterocycles. The van der Waals surface area contributed by atoms with Crippen molar-refractivity contribution in [1.82, 2.24) is 15.0 Å². The van der Waals surface area contributed by atoms with Crippen molar-refractivity contribution in [2.24, 2.45) is 0 Å². The van der Waals surface area contributed by atoms with Crippen LogP contribution in [0.4, 0.5) is 11.8 Å². The van der Waals surface area contributed by atoms with Gasteiger partial charge in [-0.3, -0.25) is 4.31 Å². The van der Waals surface area contributed by atoms with Crippen molar-refractivity contribution in [3.63, 3.8) is 0 Å². The predicted molar refractivity (Wildman–Crippen MR) is 76.0 cm³/mol. The maximum atomic E-state index is 12.4. The highest BCUT2D eigenvalue weighted by Gasteiger charge is 2.22. The smallest absolute Gasteiger partial charge is 0.268 e. The summed E-state index contributed by atoms with van der Waals surface area (Å²) in [7, 11) is -2.27. The van der Waals surface area contributed by atoms with E-state index in [9.17, 15) is 8.42 Å². The van der Waals surface area contributed by atoms with Gasteiger partial charge in [0.2, 0.25) is 5.95 Å². The van der Waals surface area contributed by atoms with Crippen LogP contribution < -0.4 is 9.62 Å². The Morgan fingerprint density at radius 2 is 1.90 bits per heavy atom. The Labute approximate surface area is 117 Å². The molecule has 0 aromatic carbocycles. The number of hydrogen-bond donors (Lipinski definition) is 1. The molecule has 1 N–H and O–H groups in total. The van der Waals surface area contributed by atoms with Gasteiger partial charge in [0.15, 0.2) is 0 Å². The molecule has 0 amide bonds. The Morgan fingerprint density at radius 1 is 1.20 bits per heavy atom. The molecule has 0 unspecified atom stereocenters. The minimum atomic E-state index is -3.71. The Hall–Kier alpha value is -2.22. The van der Waals surface area contributed by atoms with Gasteiger partial charge in [-0.05, 0) is 19.1 Å². The first-order chi connectivity index (χ1) is 9.55. The van der Waals surface area contributed by atoms with E-state index in [-0.39, 0.29) is 4.90 Å². The molecule has 106 valence electrons. The zero-order chi connectivity index (χ0) is 14.6. The summed E-state index contributed by atoms with van der Waals surface area (Å²) < 4.78 is 25.9. The highest BCUT2D eigenvalue weighted by Crippen LogP contribution is 2.18. The second-order valence-corrected chi connectivity index (χ2v) is 5.90. The molecule has 8 heteroatoms. The fraction of sp³-hybridized carbons (Fsp3) is 0.250. The molecule has 2 aromatic rings. The molecule has 0 radical (unpaired) electrons. The molecule has 20 heavy (non-hydrogen) atoms. The van der Waals surface area contributed by atoms with Crippen molar-refractivity contribution in [2.75, 3.05) is 23.2 Å². The van der Waals surface area contributed by atoms with E-state index in [0.717, 1.165) is 4.31 Å². The van der Waals surface area contributed by atoms with Crippen LogP contribution in [0.3, 0.4) is 0 Å². The van der Waals surface area contributed by atoms with Gasteiger partial charge in [-0.2, -0.15) is 0 Å². The average Bonchev–Trinajstić information content (AvgIpc) is 2.48. The van der Waals surface area contributed by atoms with Gasteiger partial charge >= 0.3 is 0 Å². The Kier molecular flexibility index (Phi) is 4.14. The van der Waals surface area contributed by atoms with Crippen LogP contribution in [-0.4, -0.2) is 37.0 Å². The molecule has 0 atom stereocenters. The fourth-order valence-electron chi connectivity index (χ4n) is 1.52. The van der Waals surface area contributed by atoms with Gasteiger partial charge in [-0.1, -0.05) is 6.07 Å². The Balaban J connectivity index is 2.30. The fourth-order valence-corrected chi connectivity index (χ4v) is 2.56. The summed E-state index contributed by atoms with van der Waals surface area (Å²) in [4.78, 5) is 12.0. The lowest BCUT2D eigenvalue weighted by Crippen LogP contribution is -2.27. The third-order valence-electron chi connectivity index (χ3n) is 2.59. The molecule has 2 heterocycles. The predicted octanol–water partition coefficient (Wildman–Crippen LogP) is 1.13. The van der Waals surface area contributed by atoms with Gasteiger partial charge in [0.25, 0.3) is 10.0 Å². The first kappa shape index (κ1) is 14.2. The molecular formula is C12H15N5O2S. The summed E-state index contributed by atoms with van der Waals surface area (Å²) in [5.74, 6) is 0.732. The van der Waals surface area contributed by atoms with Crippen molar-refractivity contribution < 1.29 is 8.42 Å². The molecule has 7 nitrogen and oxygen atoms in total. The number of hydrogen-bond acceptors (Lipinski definition) is 6. The van der Waals surface area contributed by atoms with E-state index in [1.165, 1.54) is 25.6 Å². The van der Waals surface area contributed by atoms with Gasteiger partial charge in [0.1, 0.15) is 10.7 Å². The molecule has 0 bridgehead atoms.